The topological polar surface area (TPSA) is 26.3 Å². The van der Waals surface area contributed by atoms with Crippen molar-refractivity contribution in [3.63, 3.8) is 0 Å². The minimum absolute atomic E-state index is 0.319. The lowest BCUT2D eigenvalue weighted by Crippen LogP contribution is -1.93. The third kappa shape index (κ3) is 9.88. The maximum atomic E-state index is 10.9. The molecule has 0 N–H and O–H groups in total. The van der Waals surface area contributed by atoms with E-state index in [0.717, 1.165) is 12.8 Å². The first-order valence-corrected chi connectivity index (χ1v) is 6.71. The predicted octanol–water partition coefficient (Wildman–Crippen LogP) is 4.43. The smallest absolute Gasteiger partial charge is 0.330 e. The molecule has 0 unspecified atom stereocenters. The fourth-order valence-corrected chi connectivity index (χ4v) is 1.56. The molecule has 0 aromatic rings. The summed E-state index contributed by atoms with van der Waals surface area (Å²) in [5.74, 6) is 0.326. The first-order valence-electron chi connectivity index (χ1n) is 6.71. The minimum atomic E-state index is -0.319. The van der Waals surface area contributed by atoms with Gasteiger partial charge in [0.2, 0.25) is 0 Å². The van der Waals surface area contributed by atoms with Crippen molar-refractivity contribution in [2.45, 2.75) is 46.5 Å². The average molecular weight is 250 g/mol. The average Bonchev–Trinajstić information content (AvgIpc) is 2.33. The normalized spacial score (nSPS) is 12.8. The van der Waals surface area contributed by atoms with Gasteiger partial charge in [-0.25, -0.2) is 4.79 Å². The lowest BCUT2D eigenvalue weighted by Gasteiger charge is -2.05. The summed E-state index contributed by atoms with van der Waals surface area (Å²) in [4.78, 5) is 10.9. The van der Waals surface area contributed by atoms with E-state index in [1.54, 1.807) is 6.08 Å². The number of hydrogen-bond acceptors (Lipinski definition) is 2. The lowest BCUT2D eigenvalue weighted by atomic mass is 10.0. The Hall–Kier alpha value is -1.31. The van der Waals surface area contributed by atoms with Crippen molar-refractivity contribution in [1.29, 1.82) is 0 Å². The van der Waals surface area contributed by atoms with Gasteiger partial charge in [-0.05, 0) is 18.8 Å². The van der Waals surface area contributed by atoms with Crippen LogP contribution in [0.3, 0.4) is 0 Å². The molecular formula is C16H26O2. The molecule has 0 rings (SSSR count). The number of rotatable bonds is 8. The summed E-state index contributed by atoms with van der Waals surface area (Å²) in [6.07, 6.45) is 14.1. The predicted molar refractivity (Wildman–Crippen MR) is 77.4 cm³/mol. The molecule has 0 fully saturated rings. The molecule has 18 heavy (non-hydrogen) atoms. The molecule has 0 heterocycles. The Bertz CT molecular complexity index is 309. The number of ether oxygens (including phenoxy) is 1. The van der Waals surface area contributed by atoms with Crippen LogP contribution in [0.4, 0.5) is 0 Å². The van der Waals surface area contributed by atoms with Crippen LogP contribution in [0.5, 0.6) is 0 Å². The van der Waals surface area contributed by atoms with Gasteiger partial charge >= 0.3 is 5.97 Å². The molecule has 0 atom stereocenters. The van der Waals surface area contributed by atoms with Crippen LogP contribution in [-0.2, 0) is 9.53 Å². The Balaban J connectivity index is 4.39. The zero-order valence-electron chi connectivity index (χ0n) is 12.1. The number of esters is 1. The van der Waals surface area contributed by atoms with Crippen LogP contribution in [0.2, 0.25) is 0 Å². The van der Waals surface area contributed by atoms with Gasteiger partial charge in [-0.3, -0.25) is 0 Å². The molecule has 0 aromatic heterocycles. The molecule has 0 aliphatic rings. The van der Waals surface area contributed by atoms with E-state index in [2.05, 4.69) is 37.7 Å². The number of carbonyl (C=O) groups excluding carboxylic acids is 1. The summed E-state index contributed by atoms with van der Waals surface area (Å²) in [6.45, 7) is 6.63. The van der Waals surface area contributed by atoms with Crippen LogP contribution >= 0.6 is 0 Å². The molecule has 2 heteroatoms. The van der Waals surface area contributed by atoms with Gasteiger partial charge in [0.25, 0.3) is 0 Å². The van der Waals surface area contributed by atoms with Gasteiger partial charge in [-0.15, -0.1) is 0 Å². The highest BCUT2D eigenvalue weighted by molar-refractivity contribution is 5.82. The summed E-state index contributed by atoms with van der Waals surface area (Å²) >= 11 is 0. The fourth-order valence-electron chi connectivity index (χ4n) is 1.56. The van der Waals surface area contributed by atoms with E-state index < -0.39 is 0 Å². The second-order valence-corrected chi connectivity index (χ2v) is 4.76. The SMILES string of the molecule is CCCC/C=C(/C=C/C=C/C(=O)OC)CC(C)C. The van der Waals surface area contributed by atoms with Crippen molar-refractivity contribution in [2.75, 3.05) is 7.11 Å². The van der Waals surface area contributed by atoms with Crippen molar-refractivity contribution in [3.05, 3.63) is 36.0 Å². The monoisotopic (exact) mass is 250 g/mol. The Morgan fingerprint density at radius 2 is 1.89 bits per heavy atom. The van der Waals surface area contributed by atoms with Gasteiger partial charge in [0.15, 0.2) is 0 Å². The molecule has 0 aliphatic carbocycles. The van der Waals surface area contributed by atoms with E-state index in [0.29, 0.717) is 5.92 Å². The third-order valence-corrected chi connectivity index (χ3v) is 2.46. The molecule has 0 saturated heterocycles. The molecule has 0 aliphatic heterocycles. The van der Waals surface area contributed by atoms with Gasteiger partial charge in [0.1, 0.15) is 0 Å². The van der Waals surface area contributed by atoms with Crippen LogP contribution in [-0.4, -0.2) is 13.1 Å². The van der Waals surface area contributed by atoms with E-state index in [1.165, 1.54) is 31.6 Å². The van der Waals surface area contributed by atoms with E-state index in [1.807, 2.05) is 6.08 Å². The van der Waals surface area contributed by atoms with Crippen molar-refractivity contribution < 1.29 is 9.53 Å². The van der Waals surface area contributed by atoms with E-state index in [4.69, 9.17) is 0 Å². The Morgan fingerprint density at radius 1 is 1.22 bits per heavy atom. The first kappa shape index (κ1) is 16.7. The van der Waals surface area contributed by atoms with Crippen molar-refractivity contribution >= 4 is 5.97 Å². The van der Waals surface area contributed by atoms with Crippen LogP contribution in [0.1, 0.15) is 46.5 Å². The fraction of sp³-hybridized carbons (Fsp3) is 0.562. The highest BCUT2D eigenvalue weighted by Gasteiger charge is 1.97. The molecule has 2 nitrogen and oxygen atoms in total. The molecule has 0 bridgehead atoms. The third-order valence-electron chi connectivity index (χ3n) is 2.46. The minimum Gasteiger partial charge on any atom is -0.466 e. The highest BCUT2D eigenvalue weighted by Crippen LogP contribution is 2.14. The number of unbranched alkanes of at least 4 members (excludes halogenated alkanes) is 2. The second-order valence-electron chi connectivity index (χ2n) is 4.76. The molecule has 102 valence electrons. The standard InChI is InChI=1S/C16H26O2/c1-5-6-7-10-15(13-14(2)3)11-8-9-12-16(17)18-4/h8-12,14H,5-7,13H2,1-4H3/b11-8+,12-9+,15-10-. The van der Waals surface area contributed by atoms with Gasteiger partial charge in [0.05, 0.1) is 7.11 Å². The van der Waals surface area contributed by atoms with Crippen molar-refractivity contribution in [2.24, 2.45) is 5.92 Å². The Labute approximate surface area is 111 Å². The molecule has 0 aromatic carbocycles. The first-order chi connectivity index (χ1) is 8.60. The quantitative estimate of drug-likeness (QED) is 0.275. The molecule has 0 spiro atoms. The van der Waals surface area contributed by atoms with Crippen LogP contribution in [0, 0.1) is 5.92 Å². The van der Waals surface area contributed by atoms with Crippen LogP contribution < -0.4 is 0 Å². The van der Waals surface area contributed by atoms with Crippen molar-refractivity contribution in [1.82, 2.24) is 0 Å². The van der Waals surface area contributed by atoms with E-state index in [-0.39, 0.29) is 5.97 Å². The zero-order valence-corrected chi connectivity index (χ0v) is 12.1. The summed E-state index contributed by atoms with van der Waals surface area (Å²) in [7, 11) is 1.38. The molecule has 0 radical (unpaired) electrons. The van der Waals surface area contributed by atoms with Crippen LogP contribution in [0.25, 0.3) is 0 Å². The Kier molecular flexibility index (Phi) is 10.0. The maximum Gasteiger partial charge on any atom is 0.330 e. The number of carbonyl (C=O) groups is 1. The summed E-state index contributed by atoms with van der Waals surface area (Å²) in [6, 6.07) is 0. The lowest BCUT2D eigenvalue weighted by molar-refractivity contribution is -0.134. The van der Waals surface area contributed by atoms with Gasteiger partial charge in [-0.1, -0.05) is 63.5 Å². The summed E-state index contributed by atoms with van der Waals surface area (Å²) in [5, 5.41) is 0. The van der Waals surface area contributed by atoms with Gasteiger partial charge in [0, 0.05) is 6.08 Å². The van der Waals surface area contributed by atoms with Gasteiger partial charge < -0.3 is 4.74 Å². The number of methoxy groups -OCH3 is 1. The van der Waals surface area contributed by atoms with E-state index >= 15 is 0 Å². The summed E-state index contributed by atoms with van der Waals surface area (Å²) < 4.78 is 4.53. The van der Waals surface area contributed by atoms with Gasteiger partial charge in [-0.2, -0.15) is 0 Å². The molecule has 0 amide bonds. The highest BCUT2D eigenvalue weighted by atomic mass is 16.5. The van der Waals surface area contributed by atoms with Crippen molar-refractivity contribution in [3.8, 4) is 0 Å². The maximum absolute atomic E-state index is 10.9. The van der Waals surface area contributed by atoms with Crippen LogP contribution in [0.15, 0.2) is 36.0 Å². The summed E-state index contributed by atoms with van der Waals surface area (Å²) in [5.41, 5.74) is 1.34. The Morgan fingerprint density at radius 3 is 2.44 bits per heavy atom. The molecule has 0 saturated carbocycles. The molecular weight excluding hydrogens is 224 g/mol. The largest absolute Gasteiger partial charge is 0.466 e. The number of hydrogen-bond donors (Lipinski definition) is 0. The number of allylic oxidation sites excluding steroid dienone is 5. The zero-order chi connectivity index (χ0) is 13.8. The second kappa shape index (κ2) is 10.8. The van der Waals surface area contributed by atoms with E-state index in [9.17, 15) is 4.79 Å².